The van der Waals surface area contributed by atoms with E-state index in [4.69, 9.17) is 9.84 Å². The Labute approximate surface area is 91.2 Å². The minimum atomic E-state index is 0.106. The van der Waals surface area contributed by atoms with E-state index in [1.165, 1.54) is 12.8 Å². The zero-order valence-corrected chi connectivity index (χ0v) is 8.93. The van der Waals surface area contributed by atoms with Gasteiger partial charge in [0.15, 0.2) is 0 Å². The second-order valence-electron chi connectivity index (χ2n) is 3.32. The molecule has 1 fully saturated rings. The van der Waals surface area contributed by atoms with Crippen LogP contribution in [0.25, 0.3) is 6.08 Å². The van der Waals surface area contributed by atoms with Crippen molar-refractivity contribution in [2.75, 3.05) is 19.8 Å². The number of hydrogen-bond donors (Lipinski definition) is 1. The molecule has 82 valence electrons. The lowest BCUT2D eigenvalue weighted by Gasteiger charge is -1.88. The molecule has 0 bridgehead atoms. The molecule has 0 aliphatic carbocycles. The van der Waals surface area contributed by atoms with Crippen molar-refractivity contribution in [3.63, 3.8) is 0 Å². The summed E-state index contributed by atoms with van der Waals surface area (Å²) < 4.78 is 4.94. The highest BCUT2D eigenvalue weighted by Crippen LogP contribution is 1.99. The van der Waals surface area contributed by atoms with E-state index in [2.05, 4.69) is 0 Å². The average Bonchev–Trinajstić information content (AvgIpc) is 2.86. The number of ether oxygens (including phenoxy) is 1. The Morgan fingerprint density at radius 2 is 1.80 bits per heavy atom. The van der Waals surface area contributed by atoms with Gasteiger partial charge in [0.2, 0.25) is 0 Å². The van der Waals surface area contributed by atoms with Crippen LogP contribution in [0.1, 0.15) is 18.4 Å². The fraction of sp³-hybridized carbons (Fsp3) is 0.385. The van der Waals surface area contributed by atoms with Crippen LogP contribution in [0.5, 0.6) is 0 Å². The predicted octanol–water partition coefficient (Wildman–Crippen LogP) is 2.49. The van der Waals surface area contributed by atoms with Gasteiger partial charge in [0.25, 0.3) is 0 Å². The third-order valence-corrected chi connectivity index (χ3v) is 2.04. The highest BCUT2D eigenvalue weighted by Gasteiger charge is 1.94. The van der Waals surface area contributed by atoms with Crippen molar-refractivity contribution in [2.24, 2.45) is 0 Å². The Kier molecular flexibility index (Phi) is 6.54. The fourth-order valence-electron chi connectivity index (χ4n) is 1.26. The molecule has 1 heterocycles. The van der Waals surface area contributed by atoms with E-state index in [9.17, 15) is 0 Å². The molecule has 0 spiro atoms. The first-order chi connectivity index (χ1) is 7.43. The summed E-state index contributed by atoms with van der Waals surface area (Å²) in [5.74, 6) is 0. The van der Waals surface area contributed by atoms with Gasteiger partial charge in [0, 0.05) is 13.2 Å². The molecular formula is C13H18O2. The van der Waals surface area contributed by atoms with Crippen LogP contribution in [0.3, 0.4) is 0 Å². The maximum absolute atomic E-state index is 8.44. The SMILES string of the molecule is C1CCOC1.OCC=Cc1ccccc1. The van der Waals surface area contributed by atoms with Gasteiger partial charge in [-0.1, -0.05) is 42.5 Å². The Morgan fingerprint density at radius 3 is 2.27 bits per heavy atom. The van der Waals surface area contributed by atoms with Gasteiger partial charge in [0.1, 0.15) is 0 Å². The molecule has 0 saturated carbocycles. The van der Waals surface area contributed by atoms with E-state index in [0.717, 1.165) is 18.8 Å². The van der Waals surface area contributed by atoms with Gasteiger partial charge in [-0.15, -0.1) is 0 Å². The van der Waals surface area contributed by atoms with E-state index in [1.807, 2.05) is 36.4 Å². The molecule has 0 amide bonds. The monoisotopic (exact) mass is 206 g/mol. The largest absolute Gasteiger partial charge is 0.392 e. The Morgan fingerprint density at radius 1 is 1.13 bits per heavy atom. The molecule has 1 saturated heterocycles. The summed E-state index contributed by atoms with van der Waals surface area (Å²) in [6, 6.07) is 9.89. The molecule has 1 aromatic carbocycles. The zero-order chi connectivity index (χ0) is 10.8. The quantitative estimate of drug-likeness (QED) is 0.805. The van der Waals surface area contributed by atoms with Gasteiger partial charge in [-0.05, 0) is 18.4 Å². The van der Waals surface area contributed by atoms with E-state index >= 15 is 0 Å². The predicted molar refractivity (Wildman–Crippen MR) is 62.6 cm³/mol. The molecule has 1 N–H and O–H groups in total. The molecule has 1 aromatic rings. The average molecular weight is 206 g/mol. The summed E-state index contributed by atoms with van der Waals surface area (Å²) in [4.78, 5) is 0. The van der Waals surface area contributed by atoms with Crippen molar-refractivity contribution in [3.8, 4) is 0 Å². The van der Waals surface area contributed by atoms with Crippen LogP contribution in [0.2, 0.25) is 0 Å². The summed E-state index contributed by atoms with van der Waals surface area (Å²) in [6.45, 7) is 2.11. The molecular weight excluding hydrogens is 188 g/mol. The second kappa shape index (κ2) is 8.21. The Balaban J connectivity index is 0.000000187. The maximum atomic E-state index is 8.44. The normalized spacial score (nSPS) is 15.0. The fourth-order valence-corrected chi connectivity index (χ4v) is 1.26. The van der Waals surface area contributed by atoms with E-state index in [0.29, 0.717) is 0 Å². The first kappa shape index (κ1) is 12.0. The maximum Gasteiger partial charge on any atom is 0.0615 e. The van der Waals surface area contributed by atoms with Crippen LogP contribution in [0.4, 0.5) is 0 Å². The van der Waals surface area contributed by atoms with Gasteiger partial charge in [-0.2, -0.15) is 0 Å². The third kappa shape index (κ3) is 6.05. The molecule has 15 heavy (non-hydrogen) atoms. The summed E-state index contributed by atoms with van der Waals surface area (Å²) in [5, 5.41) is 8.44. The molecule has 0 radical (unpaired) electrons. The van der Waals surface area contributed by atoms with Crippen LogP contribution >= 0.6 is 0 Å². The molecule has 1 aliphatic heterocycles. The lowest BCUT2D eigenvalue weighted by atomic mass is 10.2. The number of benzene rings is 1. The second-order valence-corrected chi connectivity index (χ2v) is 3.32. The summed E-state index contributed by atoms with van der Waals surface area (Å²) in [6.07, 6.45) is 6.16. The lowest BCUT2D eigenvalue weighted by Crippen LogP contribution is -1.74. The minimum absolute atomic E-state index is 0.106. The van der Waals surface area contributed by atoms with Gasteiger partial charge in [-0.3, -0.25) is 0 Å². The van der Waals surface area contributed by atoms with Gasteiger partial charge >= 0.3 is 0 Å². The van der Waals surface area contributed by atoms with Crippen molar-refractivity contribution in [1.82, 2.24) is 0 Å². The van der Waals surface area contributed by atoms with Crippen molar-refractivity contribution >= 4 is 6.08 Å². The van der Waals surface area contributed by atoms with Crippen LogP contribution in [-0.2, 0) is 4.74 Å². The van der Waals surface area contributed by atoms with Crippen molar-refractivity contribution in [2.45, 2.75) is 12.8 Å². The Bertz CT molecular complexity index is 256. The van der Waals surface area contributed by atoms with Crippen LogP contribution in [0, 0.1) is 0 Å². The van der Waals surface area contributed by atoms with E-state index in [1.54, 1.807) is 6.08 Å². The summed E-state index contributed by atoms with van der Waals surface area (Å²) in [7, 11) is 0. The lowest BCUT2D eigenvalue weighted by molar-refractivity contribution is 0.198. The van der Waals surface area contributed by atoms with Gasteiger partial charge < -0.3 is 9.84 Å². The molecule has 2 heteroatoms. The van der Waals surface area contributed by atoms with Crippen LogP contribution in [0.15, 0.2) is 36.4 Å². The van der Waals surface area contributed by atoms with Crippen LogP contribution < -0.4 is 0 Å². The van der Waals surface area contributed by atoms with E-state index in [-0.39, 0.29) is 6.61 Å². The number of aliphatic hydroxyl groups excluding tert-OH is 1. The number of aliphatic hydroxyl groups is 1. The minimum Gasteiger partial charge on any atom is -0.392 e. The van der Waals surface area contributed by atoms with Crippen molar-refractivity contribution in [3.05, 3.63) is 42.0 Å². The summed E-state index contributed by atoms with van der Waals surface area (Å²) in [5.41, 5.74) is 1.12. The first-order valence-corrected chi connectivity index (χ1v) is 5.33. The topological polar surface area (TPSA) is 29.5 Å². The Hall–Kier alpha value is -1.12. The molecule has 2 rings (SSSR count). The van der Waals surface area contributed by atoms with Crippen molar-refractivity contribution in [1.29, 1.82) is 0 Å². The van der Waals surface area contributed by atoms with Gasteiger partial charge in [-0.25, -0.2) is 0 Å². The third-order valence-electron chi connectivity index (χ3n) is 2.04. The molecule has 0 aromatic heterocycles. The smallest absolute Gasteiger partial charge is 0.0615 e. The van der Waals surface area contributed by atoms with Crippen LogP contribution in [-0.4, -0.2) is 24.9 Å². The highest BCUT2D eigenvalue weighted by atomic mass is 16.5. The van der Waals surface area contributed by atoms with E-state index < -0.39 is 0 Å². The molecule has 1 aliphatic rings. The van der Waals surface area contributed by atoms with Gasteiger partial charge in [0.05, 0.1) is 6.61 Å². The molecule has 2 nitrogen and oxygen atoms in total. The molecule has 0 unspecified atom stereocenters. The highest BCUT2D eigenvalue weighted by molar-refractivity contribution is 5.48. The standard InChI is InChI=1S/C9H10O.C4H8O/c10-8-4-7-9-5-2-1-3-6-9;1-2-4-5-3-1/h1-7,10H,8H2;1-4H2. The number of rotatable bonds is 2. The number of hydrogen-bond acceptors (Lipinski definition) is 2. The zero-order valence-electron chi connectivity index (χ0n) is 8.93. The molecule has 0 atom stereocenters. The summed E-state index contributed by atoms with van der Waals surface area (Å²) >= 11 is 0. The van der Waals surface area contributed by atoms with Crippen molar-refractivity contribution < 1.29 is 9.84 Å². The first-order valence-electron chi connectivity index (χ1n) is 5.33.